The van der Waals surface area contributed by atoms with E-state index in [-0.39, 0.29) is 31.2 Å². The van der Waals surface area contributed by atoms with Gasteiger partial charge in [-0.3, -0.25) is 24.2 Å². The van der Waals surface area contributed by atoms with Gasteiger partial charge in [0.15, 0.2) is 0 Å². The van der Waals surface area contributed by atoms with Crippen molar-refractivity contribution in [3.8, 4) is 16.9 Å². The molecule has 2 saturated heterocycles. The topological polar surface area (TPSA) is 108 Å². The van der Waals surface area contributed by atoms with Crippen LogP contribution in [0.15, 0.2) is 65.6 Å². The molecule has 5 rings (SSSR count). The molecule has 2 amide bonds. The summed E-state index contributed by atoms with van der Waals surface area (Å²) in [6, 6.07) is 17.6. The summed E-state index contributed by atoms with van der Waals surface area (Å²) in [6.45, 7) is 4.38. The minimum atomic E-state index is -0.960. The van der Waals surface area contributed by atoms with Gasteiger partial charge in [0.25, 0.3) is 5.91 Å². The number of anilines is 1. The summed E-state index contributed by atoms with van der Waals surface area (Å²) in [5.41, 5.74) is 3.35. The summed E-state index contributed by atoms with van der Waals surface area (Å²) in [6.07, 6.45) is 1.61. The first-order valence-corrected chi connectivity index (χ1v) is 16.5. The van der Waals surface area contributed by atoms with Crippen LogP contribution in [0.25, 0.3) is 17.2 Å². The van der Waals surface area contributed by atoms with Crippen LogP contribution in [0.1, 0.15) is 17.5 Å². The number of thiocarbonyl (C=S) groups is 1. The maximum atomic E-state index is 13.5. The van der Waals surface area contributed by atoms with Crippen molar-refractivity contribution < 1.29 is 29.0 Å². The summed E-state index contributed by atoms with van der Waals surface area (Å²) >= 11 is 19.3. The first kappa shape index (κ1) is 33.9. The van der Waals surface area contributed by atoms with E-state index in [2.05, 4.69) is 10.2 Å². The highest BCUT2D eigenvalue weighted by Crippen LogP contribution is 2.37. The number of hydrogen-bond acceptors (Lipinski definition) is 8. The smallest absolute Gasteiger partial charge is 0.307 e. The minimum Gasteiger partial charge on any atom is -0.492 e. The maximum absolute atomic E-state index is 13.5. The predicted molar refractivity (Wildman–Crippen MR) is 186 cm³/mol. The van der Waals surface area contributed by atoms with Crippen molar-refractivity contribution in [1.82, 2.24) is 9.80 Å². The SMILES string of the molecule is O=C(O)Cc1cccc(NC(=O)CCN2C(=O)/C(=C/c3cc(-c4ccc(Cl)cc4Cl)ccc3OCCN3CCOCC3)SC2=S)c1. The number of carboxylic acids is 1. The molecule has 13 heteroatoms. The van der Waals surface area contributed by atoms with E-state index in [1.807, 2.05) is 24.3 Å². The van der Waals surface area contributed by atoms with Crippen LogP contribution in [-0.2, 0) is 25.5 Å². The first-order chi connectivity index (χ1) is 22.2. The van der Waals surface area contributed by atoms with Crippen LogP contribution in [0, 0.1) is 0 Å². The Hall–Kier alpha value is -3.45. The largest absolute Gasteiger partial charge is 0.492 e. The molecular formula is C33H31Cl2N3O6S2. The van der Waals surface area contributed by atoms with Gasteiger partial charge in [0, 0.05) is 59.5 Å². The monoisotopic (exact) mass is 699 g/mol. The number of rotatable bonds is 12. The van der Waals surface area contributed by atoms with E-state index in [0.29, 0.717) is 61.7 Å². The van der Waals surface area contributed by atoms with E-state index in [0.717, 1.165) is 42.5 Å². The fraction of sp³-hybridized carbons (Fsp3) is 0.273. The molecule has 9 nitrogen and oxygen atoms in total. The Bertz CT molecular complexity index is 1680. The molecule has 240 valence electrons. The van der Waals surface area contributed by atoms with E-state index in [1.165, 1.54) is 4.90 Å². The highest BCUT2D eigenvalue weighted by Gasteiger charge is 2.32. The Morgan fingerprint density at radius 1 is 1.07 bits per heavy atom. The van der Waals surface area contributed by atoms with Gasteiger partial charge in [0.2, 0.25) is 5.91 Å². The van der Waals surface area contributed by atoms with Gasteiger partial charge in [0.1, 0.15) is 16.7 Å². The number of carboxylic acid groups (broad SMARTS) is 1. The van der Waals surface area contributed by atoms with Crippen LogP contribution in [0.4, 0.5) is 5.69 Å². The number of ether oxygens (including phenoxy) is 2. The summed E-state index contributed by atoms with van der Waals surface area (Å²) in [4.78, 5) is 41.3. The van der Waals surface area contributed by atoms with Gasteiger partial charge in [-0.2, -0.15) is 0 Å². The molecule has 0 saturated carbocycles. The lowest BCUT2D eigenvalue weighted by molar-refractivity contribution is -0.136. The summed E-state index contributed by atoms with van der Waals surface area (Å²) in [5.74, 6) is -0.982. The number of morpholine rings is 1. The second-order valence-electron chi connectivity index (χ2n) is 10.6. The fourth-order valence-corrected chi connectivity index (χ4v) is 6.81. The number of amides is 2. The van der Waals surface area contributed by atoms with Crippen molar-refractivity contribution in [3.63, 3.8) is 0 Å². The summed E-state index contributed by atoms with van der Waals surface area (Å²) in [5, 5.41) is 12.8. The van der Waals surface area contributed by atoms with Gasteiger partial charge in [0.05, 0.1) is 24.5 Å². The Labute approximate surface area is 286 Å². The molecule has 0 aromatic heterocycles. The lowest BCUT2D eigenvalue weighted by atomic mass is 10.0. The minimum absolute atomic E-state index is 0.00330. The molecule has 2 aliphatic rings. The highest BCUT2D eigenvalue weighted by molar-refractivity contribution is 8.26. The lowest BCUT2D eigenvalue weighted by Crippen LogP contribution is -2.38. The Balaban J connectivity index is 1.30. The van der Waals surface area contributed by atoms with Gasteiger partial charge >= 0.3 is 5.97 Å². The van der Waals surface area contributed by atoms with Crippen molar-refractivity contribution in [2.45, 2.75) is 12.8 Å². The lowest BCUT2D eigenvalue weighted by Gasteiger charge is -2.26. The van der Waals surface area contributed by atoms with Crippen molar-refractivity contribution in [2.75, 3.05) is 51.3 Å². The van der Waals surface area contributed by atoms with Crippen molar-refractivity contribution >= 4 is 81.0 Å². The predicted octanol–water partition coefficient (Wildman–Crippen LogP) is 6.23. The van der Waals surface area contributed by atoms with Crippen LogP contribution in [0.2, 0.25) is 10.0 Å². The van der Waals surface area contributed by atoms with E-state index in [4.69, 9.17) is 50.0 Å². The number of carbonyl (C=O) groups is 3. The summed E-state index contributed by atoms with van der Waals surface area (Å²) < 4.78 is 12.0. The van der Waals surface area contributed by atoms with Gasteiger partial charge in [-0.05, 0) is 53.6 Å². The molecule has 3 aromatic carbocycles. The molecule has 2 N–H and O–H groups in total. The molecular weight excluding hydrogens is 669 g/mol. The van der Waals surface area contributed by atoms with Crippen LogP contribution >= 0.6 is 47.2 Å². The van der Waals surface area contributed by atoms with E-state index >= 15 is 0 Å². The third-order valence-electron chi connectivity index (χ3n) is 7.31. The zero-order valence-electron chi connectivity index (χ0n) is 24.7. The van der Waals surface area contributed by atoms with E-state index < -0.39 is 5.97 Å². The third kappa shape index (κ3) is 9.09. The average molecular weight is 701 g/mol. The van der Waals surface area contributed by atoms with Gasteiger partial charge < -0.3 is 19.9 Å². The molecule has 2 aliphatic heterocycles. The van der Waals surface area contributed by atoms with Crippen LogP contribution in [-0.4, -0.2) is 83.0 Å². The first-order valence-electron chi connectivity index (χ1n) is 14.5. The number of carbonyl (C=O) groups excluding carboxylic acids is 2. The van der Waals surface area contributed by atoms with Crippen molar-refractivity contribution in [2.24, 2.45) is 0 Å². The average Bonchev–Trinajstić information content (AvgIpc) is 3.28. The van der Waals surface area contributed by atoms with Gasteiger partial charge in [-0.25, -0.2) is 0 Å². The number of aliphatic carboxylic acids is 1. The zero-order valence-corrected chi connectivity index (χ0v) is 27.8. The van der Waals surface area contributed by atoms with Gasteiger partial charge in [-0.1, -0.05) is 71.4 Å². The molecule has 0 bridgehead atoms. The van der Waals surface area contributed by atoms with Gasteiger partial charge in [-0.15, -0.1) is 0 Å². The van der Waals surface area contributed by atoms with Crippen LogP contribution in [0.5, 0.6) is 5.75 Å². The molecule has 0 aliphatic carbocycles. The standard InChI is InChI=1S/C33H31Cl2N3O6S2/c34-24-5-6-26(27(35)20-24)22-4-7-28(44-15-12-37-10-13-43-14-11-37)23(18-22)19-29-32(42)38(33(45)46-29)9-8-30(39)36-25-3-1-2-21(16-25)17-31(40)41/h1-7,16,18-20H,8-15,17H2,(H,36,39)(H,40,41)/b29-19-. The second-order valence-corrected chi connectivity index (χ2v) is 13.1. The molecule has 0 spiro atoms. The maximum Gasteiger partial charge on any atom is 0.307 e. The van der Waals surface area contributed by atoms with Crippen LogP contribution in [0.3, 0.4) is 0 Å². The zero-order chi connectivity index (χ0) is 32.6. The Kier molecular flexibility index (Phi) is 11.7. The number of nitrogens with zero attached hydrogens (tertiary/aromatic N) is 2. The molecule has 2 heterocycles. The number of halogens is 2. The number of thioether (sulfide) groups is 1. The van der Waals surface area contributed by atoms with E-state index in [9.17, 15) is 14.4 Å². The molecule has 0 radical (unpaired) electrons. The Morgan fingerprint density at radius 2 is 1.87 bits per heavy atom. The molecule has 0 atom stereocenters. The van der Waals surface area contributed by atoms with Crippen LogP contribution < -0.4 is 10.1 Å². The van der Waals surface area contributed by atoms with E-state index in [1.54, 1.807) is 42.5 Å². The van der Waals surface area contributed by atoms with Crippen molar-refractivity contribution in [1.29, 1.82) is 0 Å². The number of nitrogens with one attached hydrogen (secondary N) is 1. The number of benzene rings is 3. The number of hydrogen-bond donors (Lipinski definition) is 2. The Morgan fingerprint density at radius 3 is 2.63 bits per heavy atom. The highest BCUT2D eigenvalue weighted by atomic mass is 35.5. The van der Waals surface area contributed by atoms with Crippen molar-refractivity contribution in [3.05, 3.63) is 86.7 Å². The quantitative estimate of drug-likeness (QED) is 0.168. The fourth-order valence-electron chi connectivity index (χ4n) is 5.00. The normalized spacial score (nSPS) is 16.2. The second kappa shape index (κ2) is 15.9. The molecule has 2 fully saturated rings. The summed E-state index contributed by atoms with van der Waals surface area (Å²) in [7, 11) is 0. The molecule has 3 aromatic rings. The molecule has 46 heavy (non-hydrogen) atoms. The third-order valence-corrected chi connectivity index (χ3v) is 9.24. The molecule has 0 unspecified atom stereocenters.